The Labute approximate surface area is 118 Å². The van der Waals surface area contributed by atoms with Crippen LogP contribution in [0.1, 0.15) is 30.9 Å². The van der Waals surface area contributed by atoms with Crippen molar-refractivity contribution in [3.05, 3.63) is 11.6 Å². The van der Waals surface area contributed by atoms with E-state index in [1.807, 2.05) is 0 Å². The third kappa shape index (κ3) is 2.05. The van der Waals surface area contributed by atoms with Crippen molar-refractivity contribution in [1.82, 2.24) is 19.7 Å². The Hall–Kier alpha value is -2.11. The fourth-order valence-electron chi connectivity index (χ4n) is 2.75. The summed E-state index contributed by atoms with van der Waals surface area (Å²) in [6.45, 7) is 0.0894. The predicted molar refractivity (Wildman–Crippen MR) is 62.3 cm³/mol. The summed E-state index contributed by atoms with van der Waals surface area (Å²) in [5, 5.41) is 15.9. The zero-order chi connectivity index (χ0) is 15.3. The zero-order valence-electron chi connectivity index (χ0n) is 11.0. The second kappa shape index (κ2) is 4.44. The number of hydrogen-bond donors (Lipinski definition) is 0. The van der Waals surface area contributed by atoms with Gasteiger partial charge >= 0.3 is 6.18 Å². The number of aromatic nitrogens is 3. The lowest BCUT2D eigenvalue weighted by Gasteiger charge is -2.39. The molecule has 1 fully saturated rings. The van der Waals surface area contributed by atoms with Gasteiger partial charge in [0.1, 0.15) is 5.41 Å². The molecule has 112 valence electrons. The molecule has 0 unspecified atom stereocenters. The van der Waals surface area contributed by atoms with Gasteiger partial charge in [0.25, 0.3) is 0 Å². The second-order valence-corrected chi connectivity index (χ2v) is 5.36. The molecule has 1 amide bonds. The van der Waals surface area contributed by atoms with Gasteiger partial charge in [0.15, 0.2) is 5.82 Å². The number of halogens is 3. The minimum atomic E-state index is -4.56. The minimum Gasteiger partial charge on any atom is -0.332 e. The fraction of sp³-hybridized carbons (Fsp3) is 0.667. The van der Waals surface area contributed by atoms with Crippen molar-refractivity contribution in [2.24, 2.45) is 5.41 Å². The highest BCUT2D eigenvalue weighted by Gasteiger charge is 2.48. The number of nitriles is 1. The molecule has 21 heavy (non-hydrogen) atoms. The van der Waals surface area contributed by atoms with Crippen LogP contribution in [0.15, 0.2) is 0 Å². The van der Waals surface area contributed by atoms with Crippen LogP contribution >= 0.6 is 0 Å². The summed E-state index contributed by atoms with van der Waals surface area (Å²) in [4.78, 5) is 13.8. The summed E-state index contributed by atoms with van der Waals surface area (Å²) >= 11 is 0. The maximum absolute atomic E-state index is 12.7. The van der Waals surface area contributed by atoms with Crippen LogP contribution in [-0.2, 0) is 24.1 Å². The van der Waals surface area contributed by atoms with Gasteiger partial charge in [-0.1, -0.05) is 0 Å². The van der Waals surface area contributed by atoms with E-state index in [-0.39, 0.29) is 31.4 Å². The van der Waals surface area contributed by atoms with Gasteiger partial charge in [-0.05, 0) is 19.3 Å². The van der Waals surface area contributed by atoms with E-state index < -0.39 is 17.4 Å². The fourth-order valence-corrected chi connectivity index (χ4v) is 2.75. The Morgan fingerprint density at radius 2 is 2.00 bits per heavy atom. The van der Waals surface area contributed by atoms with E-state index in [9.17, 15) is 18.0 Å². The highest BCUT2D eigenvalue weighted by molar-refractivity contribution is 5.86. The van der Waals surface area contributed by atoms with Gasteiger partial charge < -0.3 is 9.47 Å². The number of nitrogens with zero attached hydrogens (tertiary/aromatic N) is 5. The summed E-state index contributed by atoms with van der Waals surface area (Å²) < 4.78 is 39.2. The Kier molecular flexibility index (Phi) is 2.93. The molecule has 0 radical (unpaired) electrons. The van der Waals surface area contributed by atoms with E-state index in [0.29, 0.717) is 12.8 Å². The molecule has 0 bridgehead atoms. The van der Waals surface area contributed by atoms with Crippen LogP contribution in [0, 0.1) is 16.7 Å². The van der Waals surface area contributed by atoms with E-state index in [1.54, 1.807) is 0 Å². The molecule has 0 atom stereocenters. The standard InChI is InChI=1S/C12H12F3N5O/c13-12(14,15)9-18-17-8-6-19(4-5-20(8)9)10(21)11(7-16)2-1-3-11/h1-6H2. The van der Waals surface area contributed by atoms with Gasteiger partial charge in [0.05, 0.1) is 12.6 Å². The second-order valence-electron chi connectivity index (χ2n) is 5.36. The quantitative estimate of drug-likeness (QED) is 0.784. The van der Waals surface area contributed by atoms with Gasteiger partial charge in [0.2, 0.25) is 11.7 Å². The van der Waals surface area contributed by atoms with Crippen LogP contribution in [0.2, 0.25) is 0 Å². The first-order chi connectivity index (χ1) is 9.87. The molecule has 0 aromatic carbocycles. The first-order valence-electron chi connectivity index (χ1n) is 6.57. The number of carbonyl (C=O) groups excluding carboxylic acids is 1. The lowest BCUT2D eigenvalue weighted by atomic mass is 9.69. The molecule has 1 aliphatic heterocycles. The molecule has 0 spiro atoms. The molecule has 1 aliphatic carbocycles. The van der Waals surface area contributed by atoms with Crippen molar-refractivity contribution >= 4 is 5.91 Å². The van der Waals surface area contributed by atoms with Gasteiger partial charge in [-0.2, -0.15) is 18.4 Å². The third-order valence-electron chi connectivity index (χ3n) is 4.12. The van der Waals surface area contributed by atoms with Crippen molar-refractivity contribution in [1.29, 1.82) is 5.26 Å². The Morgan fingerprint density at radius 1 is 1.29 bits per heavy atom. The van der Waals surface area contributed by atoms with Gasteiger partial charge in [0, 0.05) is 13.1 Å². The minimum absolute atomic E-state index is 0.00950. The van der Waals surface area contributed by atoms with E-state index in [4.69, 9.17) is 5.26 Å². The first kappa shape index (κ1) is 13.9. The van der Waals surface area contributed by atoms with Crippen LogP contribution in [0.25, 0.3) is 0 Å². The summed E-state index contributed by atoms with van der Waals surface area (Å²) in [7, 11) is 0. The summed E-state index contributed by atoms with van der Waals surface area (Å²) in [5.41, 5.74) is -0.991. The van der Waals surface area contributed by atoms with Crippen molar-refractivity contribution in [3.63, 3.8) is 0 Å². The highest BCUT2D eigenvalue weighted by atomic mass is 19.4. The van der Waals surface area contributed by atoms with E-state index in [2.05, 4.69) is 16.3 Å². The molecule has 1 aromatic heterocycles. The number of fused-ring (bicyclic) bond motifs is 1. The van der Waals surface area contributed by atoms with E-state index >= 15 is 0 Å². The molecule has 3 rings (SSSR count). The largest absolute Gasteiger partial charge is 0.451 e. The first-order valence-corrected chi connectivity index (χ1v) is 6.57. The lowest BCUT2D eigenvalue weighted by Crippen LogP contribution is -2.49. The predicted octanol–water partition coefficient (Wildman–Crippen LogP) is 1.33. The van der Waals surface area contributed by atoms with Crippen LogP contribution in [-0.4, -0.2) is 32.1 Å². The summed E-state index contributed by atoms with van der Waals surface area (Å²) in [5.74, 6) is -1.24. The van der Waals surface area contributed by atoms with Crippen LogP contribution in [0.3, 0.4) is 0 Å². The van der Waals surface area contributed by atoms with Crippen LogP contribution < -0.4 is 0 Å². The average Bonchev–Trinajstić information content (AvgIpc) is 2.80. The molecule has 9 heteroatoms. The van der Waals surface area contributed by atoms with E-state index in [1.165, 1.54) is 4.90 Å². The van der Waals surface area contributed by atoms with Crippen molar-refractivity contribution in [2.45, 2.75) is 38.5 Å². The van der Waals surface area contributed by atoms with Crippen LogP contribution in [0.5, 0.6) is 0 Å². The Morgan fingerprint density at radius 3 is 2.52 bits per heavy atom. The van der Waals surface area contributed by atoms with Crippen molar-refractivity contribution in [2.75, 3.05) is 6.54 Å². The number of carbonyl (C=O) groups is 1. The number of amides is 1. The summed E-state index contributed by atoms with van der Waals surface area (Å²) in [6, 6.07) is 2.05. The zero-order valence-corrected chi connectivity index (χ0v) is 11.0. The van der Waals surface area contributed by atoms with Gasteiger partial charge in [-0.15, -0.1) is 10.2 Å². The van der Waals surface area contributed by atoms with Gasteiger partial charge in [-0.3, -0.25) is 4.79 Å². The highest BCUT2D eigenvalue weighted by Crippen LogP contribution is 2.42. The number of hydrogen-bond acceptors (Lipinski definition) is 4. The topological polar surface area (TPSA) is 74.8 Å². The molecule has 0 saturated heterocycles. The number of rotatable bonds is 1. The normalized spacial score (nSPS) is 20.4. The Balaban J connectivity index is 1.82. The van der Waals surface area contributed by atoms with Crippen LogP contribution in [0.4, 0.5) is 13.2 Å². The molecule has 2 aliphatic rings. The molecular weight excluding hydrogens is 287 g/mol. The van der Waals surface area contributed by atoms with Gasteiger partial charge in [-0.25, -0.2) is 0 Å². The van der Waals surface area contributed by atoms with E-state index in [0.717, 1.165) is 11.0 Å². The number of alkyl halides is 3. The molecule has 1 aromatic rings. The van der Waals surface area contributed by atoms with Crippen molar-refractivity contribution < 1.29 is 18.0 Å². The average molecular weight is 299 g/mol. The molecule has 1 saturated carbocycles. The molecule has 0 N–H and O–H groups in total. The summed E-state index contributed by atoms with van der Waals surface area (Å²) in [6.07, 6.45) is -2.71. The monoisotopic (exact) mass is 299 g/mol. The maximum Gasteiger partial charge on any atom is 0.451 e. The third-order valence-corrected chi connectivity index (χ3v) is 4.12. The maximum atomic E-state index is 12.7. The van der Waals surface area contributed by atoms with Crippen molar-refractivity contribution in [3.8, 4) is 6.07 Å². The SMILES string of the molecule is N#CC1(C(=O)N2CCn3c(nnc3C(F)(F)F)C2)CCC1. The smallest absolute Gasteiger partial charge is 0.332 e. The lowest BCUT2D eigenvalue weighted by molar-refractivity contribution is -0.149. The molecule has 2 heterocycles. The Bertz CT molecular complexity index is 626. The molecular formula is C12H12F3N5O. The molecule has 6 nitrogen and oxygen atoms in total.